The topological polar surface area (TPSA) is 41.6 Å². The normalized spacial score (nSPS) is 19.6. The summed E-state index contributed by atoms with van der Waals surface area (Å²) in [6.07, 6.45) is 0.130. The molecule has 0 spiro atoms. The van der Waals surface area contributed by atoms with E-state index in [4.69, 9.17) is 17.0 Å². The first-order valence-electron chi connectivity index (χ1n) is 6.37. The summed E-state index contributed by atoms with van der Waals surface area (Å²) in [6, 6.07) is 7.40. The second-order valence-electron chi connectivity index (χ2n) is 4.92. The lowest BCUT2D eigenvalue weighted by Crippen LogP contribution is -2.54. The van der Waals surface area contributed by atoms with Crippen molar-refractivity contribution in [1.29, 1.82) is 0 Å². The zero-order valence-corrected chi connectivity index (χ0v) is 12.2. The van der Waals surface area contributed by atoms with Gasteiger partial charge in [0.05, 0.1) is 17.7 Å². The monoisotopic (exact) mass is 278 g/mol. The van der Waals surface area contributed by atoms with Gasteiger partial charge in [0.1, 0.15) is 5.75 Å². The molecule has 1 aliphatic heterocycles. The van der Waals surface area contributed by atoms with Crippen LogP contribution < -0.4 is 15.0 Å². The molecule has 1 amide bonds. The second-order valence-corrected chi connectivity index (χ2v) is 5.31. The van der Waals surface area contributed by atoms with Crippen molar-refractivity contribution in [2.75, 3.05) is 11.4 Å². The molecule has 1 aromatic carbocycles. The SMILES string of the molecule is CC(C)Oc1ccc(N2C(=O)[C@@H](C)CNC2=S)cc1. The van der Waals surface area contributed by atoms with Crippen LogP contribution in [0.5, 0.6) is 5.75 Å². The molecule has 0 radical (unpaired) electrons. The summed E-state index contributed by atoms with van der Waals surface area (Å²) in [5, 5.41) is 3.52. The number of thiocarbonyl (C=S) groups is 1. The molecule has 19 heavy (non-hydrogen) atoms. The number of ether oxygens (including phenoxy) is 1. The van der Waals surface area contributed by atoms with Crippen LogP contribution in [-0.4, -0.2) is 23.7 Å². The fraction of sp³-hybridized carbons (Fsp3) is 0.429. The van der Waals surface area contributed by atoms with Crippen molar-refractivity contribution in [3.05, 3.63) is 24.3 Å². The molecule has 1 aliphatic rings. The van der Waals surface area contributed by atoms with Crippen LogP contribution in [0, 0.1) is 5.92 Å². The van der Waals surface area contributed by atoms with E-state index in [1.165, 1.54) is 0 Å². The van der Waals surface area contributed by atoms with E-state index < -0.39 is 0 Å². The number of anilines is 1. The number of amides is 1. The number of nitrogens with zero attached hydrogens (tertiary/aromatic N) is 1. The molecular weight excluding hydrogens is 260 g/mol. The van der Waals surface area contributed by atoms with Gasteiger partial charge in [-0.2, -0.15) is 0 Å². The lowest BCUT2D eigenvalue weighted by atomic mass is 10.1. The second kappa shape index (κ2) is 5.57. The molecule has 0 unspecified atom stereocenters. The molecule has 1 aromatic rings. The number of carbonyl (C=O) groups excluding carboxylic acids is 1. The van der Waals surface area contributed by atoms with E-state index in [0.29, 0.717) is 11.7 Å². The number of carbonyl (C=O) groups is 1. The highest BCUT2D eigenvalue weighted by Gasteiger charge is 2.29. The first-order chi connectivity index (χ1) is 8.99. The molecule has 0 bridgehead atoms. The minimum Gasteiger partial charge on any atom is -0.491 e. The van der Waals surface area contributed by atoms with Gasteiger partial charge in [0.25, 0.3) is 0 Å². The van der Waals surface area contributed by atoms with Crippen molar-refractivity contribution in [2.24, 2.45) is 5.92 Å². The lowest BCUT2D eigenvalue weighted by Gasteiger charge is -2.32. The summed E-state index contributed by atoms with van der Waals surface area (Å²) in [7, 11) is 0. The quantitative estimate of drug-likeness (QED) is 0.862. The van der Waals surface area contributed by atoms with Gasteiger partial charge in [0.15, 0.2) is 5.11 Å². The first kappa shape index (κ1) is 13.8. The molecule has 0 aliphatic carbocycles. The summed E-state index contributed by atoms with van der Waals surface area (Å²) < 4.78 is 5.58. The number of hydrogen-bond donors (Lipinski definition) is 1. The zero-order valence-electron chi connectivity index (χ0n) is 11.3. The Kier molecular flexibility index (Phi) is 4.04. The Bertz CT molecular complexity index is 485. The predicted octanol–water partition coefficient (Wildman–Crippen LogP) is 2.33. The van der Waals surface area contributed by atoms with E-state index in [0.717, 1.165) is 11.4 Å². The summed E-state index contributed by atoms with van der Waals surface area (Å²) in [5.74, 6) is 0.745. The minimum absolute atomic E-state index is 0.0290. The standard InChI is InChI=1S/C14H18N2O2S/c1-9(2)18-12-6-4-11(5-7-12)16-13(17)10(3)8-15-14(16)19/h4-7,9-10H,8H2,1-3H3,(H,15,19)/t10-/m0/s1. The van der Waals surface area contributed by atoms with Gasteiger partial charge in [0.2, 0.25) is 5.91 Å². The summed E-state index contributed by atoms with van der Waals surface area (Å²) >= 11 is 5.20. The molecular formula is C14H18N2O2S. The van der Waals surface area contributed by atoms with Crippen molar-refractivity contribution in [3.8, 4) is 5.75 Å². The van der Waals surface area contributed by atoms with E-state index in [9.17, 15) is 4.79 Å². The van der Waals surface area contributed by atoms with Crippen molar-refractivity contribution >= 4 is 28.9 Å². The van der Waals surface area contributed by atoms with Crippen molar-refractivity contribution in [3.63, 3.8) is 0 Å². The van der Waals surface area contributed by atoms with Crippen molar-refractivity contribution < 1.29 is 9.53 Å². The molecule has 1 N–H and O–H groups in total. The maximum atomic E-state index is 12.2. The van der Waals surface area contributed by atoms with Gasteiger partial charge in [-0.15, -0.1) is 0 Å². The maximum absolute atomic E-state index is 12.2. The van der Waals surface area contributed by atoms with Gasteiger partial charge in [0, 0.05) is 6.54 Å². The van der Waals surface area contributed by atoms with Crippen LogP contribution in [0.25, 0.3) is 0 Å². The van der Waals surface area contributed by atoms with Crippen LogP contribution in [0.15, 0.2) is 24.3 Å². The van der Waals surface area contributed by atoms with Gasteiger partial charge in [-0.05, 0) is 50.3 Å². The van der Waals surface area contributed by atoms with Gasteiger partial charge in [-0.3, -0.25) is 9.69 Å². The Balaban J connectivity index is 2.21. The third-order valence-corrected chi connectivity index (χ3v) is 3.20. The van der Waals surface area contributed by atoms with Gasteiger partial charge < -0.3 is 10.1 Å². The highest BCUT2D eigenvalue weighted by Crippen LogP contribution is 2.23. The predicted molar refractivity (Wildman–Crippen MR) is 79.5 cm³/mol. The van der Waals surface area contributed by atoms with Crippen molar-refractivity contribution in [2.45, 2.75) is 26.9 Å². The Morgan fingerprint density at radius 3 is 2.58 bits per heavy atom. The highest BCUT2D eigenvalue weighted by molar-refractivity contribution is 7.80. The highest BCUT2D eigenvalue weighted by atomic mass is 32.1. The Hall–Kier alpha value is -1.62. The first-order valence-corrected chi connectivity index (χ1v) is 6.78. The molecule has 102 valence electrons. The Morgan fingerprint density at radius 1 is 1.37 bits per heavy atom. The molecule has 0 saturated carbocycles. The molecule has 5 heteroatoms. The third kappa shape index (κ3) is 3.04. The minimum atomic E-state index is -0.0710. The van der Waals surface area contributed by atoms with Crippen LogP contribution in [0.3, 0.4) is 0 Å². The fourth-order valence-corrected chi connectivity index (χ4v) is 2.20. The molecule has 1 atom stereocenters. The van der Waals surface area contributed by atoms with E-state index in [1.54, 1.807) is 4.90 Å². The largest absolute Gasteiger partial charge is 0.491 e. The summed E-state index contributed by atoms with van der Waals surface area (Å²) in [4.78, 5) is 13.7. The van der Waals surface area contributed by atoms with E-state index in [-0.39, 0.29) is 17.9 Å². The van der Waals surface area contributed by atoms with Crippen LogP contribution in [0.2, 0.25) is 0 Å². The van der Waals surface area contributed by atoms with Gasteiger partial charge in [-0.1, -0.05) is 6.92 Å². The zero-order chi connectivity index (χ0) is 14.0. The third-order valence-electron chi connectivity index (χ3n) is 2.87. The lowest BCUT2D eigenvalue weighted by molar-refractivity contribution is -0.121. The fourth-order valence-electron chi connectivity index (χ4n) is 1.92. The summed E-state index contributed by atoms with van der Waals surface area (Å²) in [6.45, 7) is 6.44. The van der Waals surface area contributed by atoms with Gasteiger partial charge in [-0.25, -0.2) is 0 Å². The van der Waals surface area contributed by atoms with Gasteiger partial charge >= 0.3 is 0 Å². The van der Waals surface area contributed by atoms with Crippen LogP contribution in [0.1, 0.15) is 20.8 Å². The molecule has 1 heterocycles. The van der Waals surface area contributed by atoms with Crippen LogP contribution in [0.4, 0.5) is 5.69 Å². The van der Waals surface area contributed by atoms with Crippen LogP contribution in [-0.2, 0) is 4.79 Å². The van der Waals surface area contributed by atoms with E-state index in [2.05, 4.69) is 5.32 Å². The molecule has 1 fully saturated rings. The average Bonchev–Trinajstić information content (AvgIpc) is 2.36. The number of rotatable bonds is 3. The number of nitrogens with one attached hydrogen (secondary N) is 1. The number of benzene rings is 1. The molecule has 0 aromatic heterocycles. The van der Waals surface area contributed by atoms with Crippen LogP contribution >= 0.6 is 12.2 Å². The summed E-state index contributed by atoms with van der Waals surface area (Å²) in [5.41, 5.74) is 0.769. The Morgan fingerprint density at radius 2 is 2.00 bits per heavy atom. The van der Waals surface area contributed by atoms with E-state index >= 15 is 0 Å². The molecule has 1 saturated heterocycles. The smallest absolute Gasteiger partial charge is 0.237 e. The molecule has 2 rings (SSSR count). The maximum Gasteiger partial charge on any atom is 0.237 e. The Labute approximate surface area is 118 Å². The average molecular weight is 278 g/mol. The van der Waals surface area contributed by atoms with Crippen molar-refractivity contribution in [1.82, 2.24) is 5.32 Å². The number of hydrogen-bond acceptors (Lipinski definition) is 3. The van der Waals surface area contributed by atoms with E-state index in [1.807, 2.05) is 45.0 Å². The molecule has 4 nitrogen and oxygen atoms in total.